The van der Waals surface area contributed by atoms with Crippen LogP contribution in [0.1, 0.15) is 34.1 Å². The van der Waals surface area contributed by atoms with Crippen molar-refractivity contribution in [2.75, 3.05) is 7.11 Å². The summed E-state index contributed by atoms with van der Waals surface area (Å²) in [5.74, 6) is -0.852. The monoisotopic (exact) mass is 203 g/mol. The Balaban J connectivity index is 4.95. The first kappa shape index (κ1) is 13.4. The van der Waals surface area contributed by atoms with Crippen molar-refractivity contribution in [1.29, 1.82) is 0 Å². The number of rotatable bonds is 5. The van der Waals surface area contributed by atoms with Crippen molar-refractivity contribution in [3.8, 4) is 0 Å². The van der Waals surface area contributed by atoms with Crippen LogP contribution in [0.3, 0.4) is 0 Å². The number of nitrogens with two attached hydrogens (primary N) is 1. The third-order valence-electron chi connectivity index (χ3n) is 3.24. The van der Waals surface area contributed by atoms with E-state index in [2.05, 4.69) is 0 Å². The van der Waals surface area contributed by atoms with Crippen molar-refractivity contribution in [1.82, 2.24) is 0 Å². The number of carboxylic acid groups (broad SMARTS) is 1. The first-order valence-electron chi connectivity index (χ1n) is 4.68. The molecule has 0 amide bonds. The fraction of sp³-hybridized carbons (Fsp3) is 0.900. The average Bonchev–Trinajstić information content (AvgIpc) is 1.99. The second-order valence-corrected chi connectivity index (χ2v) is 4.59. The van der Waals surface area contributed by atoms with Crippen LogP contribution in [-0.4, -0.2) is 29.8 Å². The highest BCUT2D eigenvalue weighted by atomic mass is 16.5. The van der Waals surface area contributed by atoms with Crippen molar-refractivity contribution >= 4 is 5.97 Å². The topological polar surface area (TPSA) is 72.5 Å². The zero-order valence-corrected chi connectivity index (χ0v) is 9.63. The number of aliphatic carboxylic acids is 1. The maximum atomic E-state index is 10.8. The summed E-state index contributed by atoms with van der Waals surface area (Å²) >= 11 is 0. The highest BCUT2D eigenvalue weighted by Gasteiger charge is 2.44. The molecule has 2 atom stereocenters. The molecular formula is C10H21NO3. The molecule has 4 heteroatoms. The van der Waals surface area contributed by atoms with Crippen LogP contribution in [0.2, 0.25) is 0 Å². The van der Waals surface area contributed by atoms with E-state index in [-0.39, 0.29) is 12.5 Å². The average molecular weight is 203 g/mol. The van der Waals surface area contributed by atoms with Gasteiger partial charge in [-0.25, -0.2) is 0 Å². The van der Waals surface area contributed by atoms with Gasteiger partial charge in [-0.3, -0.25) is 4.79 Å². The highest BCUT2D eigenvalue weighted by Crippen LogP contribution is 2.37. The quantitative estimate of drug-likeness (QED) is 0.705. The number of hydrogen-bond donors (Lipinski definition) is 2. The molecule has 0 spiro atoms. The van der Waals surface area contributed by atoms with Crippen molar-refractivity contribution < 1.29 is 14.6 Å². The summed E-state index contributed by atoms with van der Waals surface area (Å²) in [5, 5.41) is 8.85. The molecule has 0 radical (unpaired) electrons. The summed E-state index contributed by atoms with van der Waals surface area (Å²) in [7, 11) is 1.57. The zero-order chi connectivity index (χ0) is 11.6. The molecule has 0 aromatic carbocycles. The van der Waals surface area contributed by atoms with Gasteiger partial charge in [-0.15, -0.1) is 0 Å². The molecule has 0 aromatic rings. The lowest BCUT2D eigenvalue weighted by Gasteiger charge is -2.44. The molecule has 0 aliphatic rings. The van der Waals surface area contributed by atoms with E-state index in [0.29, 0.717) is 0 Å². The lowest BCUT2D eigenvalue weighted by molar-refractivity contribution is -0.144. The molecule has 0 saturated carbocycles. The number of carboxylic acids is 1. The first-order chi connectivity index (χ1) is 6.15. The van der Waals surface area contributed by atoms with Gasteiger partial charge in [0.15, 0.2) is 0 Å². The van der Waals surface area contributed by atoms with Gasteiger partial charge in [0.2, 0.25) is 0 Å². The van der Waals surface area contributed by atoms with E-state index in [1.165, 1.54) is 0 Å². The Labute approximate surface area is 85.4 Å². The standard InChI is InChI=1S/C10H21NO3/c1-7(14-5)10(4,6-8(12)13)9(2,3)11/h7H,6,11H2,1-5H3,(H,12,13). The number of methoxy groups -OCH3 is 1. The van der Waals surface area contributed by atoms with Gasteiger partial charge in [-0.1, -0.05) is 6.92 Å². The fourth-order valence-electron chi connectivity index (χ4n) is 1.47. The molecule has 4 nitrogen and oxygen atoms in total. The summed E-state index contributed by atoms with van der Waals surface area (Å²) < 4.78 is 5.20. The molecule has 0 aliphatic carbocycles. The second-order valence-electron chi connectivity index (χ2n) is 4.59. The van der Waals surface area contributed by atoms with Crippen LogP contribution in [0.5, 0.6) is 0 Å². The molecule has 0 rings (SSSR count). The Morgan fingerprint density at radius 3 is 2.14 bits per heavy atom. The molecule has 0 aliphatic heterocycles. The van der Waals surface area contributed by atoms with Crippen molar-refractivity contribution in [2.45, 2.75) is 45.8 Å². The Bertz CT molecular complexity index is 210. The van der Waals surface area contributed by atoms with E-state index in [1.807, 2.05) is 27.7 Å². The second kappa shape index (κ2) is 4.28. The summed E-state index contributed by atoms with van der Waals surface area (Å²) in [5.41, 5.74) is 4.82. The van der Waals surface area contributed by atoms with Gasteiger partial charge < -0.3 is 15.6 Å². The van der Waals surface area contributed by atoms with Crippen molar-refractivity contribution in [3.63, 3.8) is 0 Å². The molecule has 0 fully saturated rings. The third kappa shape index (κ3) is 2.69. The van der Waals surface area contributed by atoms with Crippen LogP contribution in [0.4, 0.5) is 0 Å². The number of carbonyl (C=O) groups is 1. The highest BCUT2D eigenvalue weighted by molar-refractivity contribution is 5.68. The van der Waals surface area contributed by atoms with Crippen LogP contribution in [0, 0.1) is 5.41 Å². The molecule has 0 saturated heterocycles. The predicted octanol–water partition coefficient (Wildman–Crippen LogP) is 1.24. The summed E-state index contributed by atoms with van der Waals surface area (Å²) in [4.78, 5) is 10.8. The minimum Gasteiger partial charge on any atom is -0.481 e. The SMILES string of the molecule is COC(C)C(C)(CC(=O)O)C(C)(C)N. The molecule has 14 heavy (non-hydrogen) atoms. The lowest BCUT2D eigenvalue weighted by Crippen LogP contribution is -2.56. The smallest absolute Gasteiger partial charge is 0.304 e. The van der Waals surface area contributed by atoms with Gasteiger partial charge in [0.1, 0.15) is 0 Å². The molecule has 2 unspecified atom stereocenters. The molecule has 0 heterocycles. The maximum Gasteiger partial charge on any atom is 0.304 e. The number of hydrogen-bond acceptors (Lipinski definition) is 3. The molecule has 3 N–H and O–H groups in total. The van der Waals surface area contributed by atoms with E-state index >= 15 is 0 Å². The molecule has 84 valence electrons. The van der Waals surface area contributed by atoms with Gasteiger partial charge in [0.25, 0.3) is 0 Å². The van der Waals surface area contributed by atoms with Gasteiger partial charge in [-0.05, 0) is 20.8 Å². The van der Waals surface area contributed by atoms with E-state index in [4.69, 9.17) is 15.6 Å². The van der Waals surface area contributed by atoms with Gasteiger partial charge in [0.05, 0.1) is 12.5 Å². The van der Waals surface area contributed by atoms with Gasteiger partial charge >= 0.3 is 5.97 Å². The van der Waals surface area contributed by atoms with Crippen LogP contribution in [0.15, 0.2) is 0 Å². The summed E-state index contributed by atoms with van der Waals surface area (Å²) in [6, 6.07) is 0. The Morgan fingerprint density at radius 1 is 1.50 bits per heavy atom. The Morgan fingerprint density at radius 2 is 1.93 bits per heavy atom. The largest absolute Gasteiger partial charge is 0.481 e. The van der Waals surface area contributed by atoms with Crippen LogP contribution in [0.25, 0.3) is 0 Å². The zero-order valence-electron chi connectivity index (χ0n) is 9.63. The molecular weight excluding hydrogens is 182 g/mol. The van der Waals surface area contributed by atoms with Gasteiger partial charge in [0, 0.05) is 18.1 Å². The van der Waals surface area contributed by atoms with Gasteiger partial charge in [-0.2, -0.15) is 0 Å². The number of ether oxygens (including phenoxy) is 1. The van der Waals surface area contributed by atoms with E-state index in [1.54, 1.807) is 7.11 Å². The molecule has 0 aromatic heterocycles. The predicted molar refractivity (Wildman–Crippen MR) is 55.1 cm³/mol. The Hall–Kier alpha value is -0.610. The Kier molecular flexibility index (Phi) is 4.09. The fourth-order valence-corrected chi connectivity index (χ4v) is 1.47. The summed E-state index contributed by atoms with van der Waals surface area (Å²) in [6.45, 7) is 7.34. The first-order valence-corrected chi connectivity index (χ1v) is 4.68. The maximum absolute atomic E-state index is 10.8. The van der Waals surface area contributed by atoms with Crippen LogP contribution < -0.4 is 5.73 Å². The van der Waals surface area contributed by atoms with Crippen LogP contribution in [-0.2, 0) is 9.53 Å². The summed E-state index contributed by atoms with van der Waals surface area (Å²) in [6.07, 6.45) is -0.190. The van der Waals surface area contributed by atoms with Crippen LogP contribution >= 0.6 is 0 Å². The third-order valence-corrected chi connectivity index (χ3v) is 3.24. The lowest BCUT2D eigenvalue weighted by atomic mass is 9.67. The van der Waals surface area contributed by atoms with E-state index < -0.39 is 16.9 Å². The normalized spacial score (nSPS) is 18.7. The van der Waals surface area contributed by atoms with Crippen molar-refractivity contribution in [3.05, 3.63) is 0 Å². The molecule has 0 bridgehead atoms. The minimum atomic E-state index is -0.852. The minimum absolute atomic E-state index is 0.00546. The van der Waals surface area contributed by atoms with E-state index in [9.17, 15) is 4.79 Å². The van der Waals surface area contributed by atoms with E-state index in [0.717, 1.165) is 0 Å². The van der Waals surface area contributed by atoms with Crippen molar-refractivity contribution in [2.24, 2.45) is 11.1 Å².